The number of benzene rings is 2. The quantitative estimate of drug-likeness (QED) is 0.121. The number of nitrogens with one attached hydrogen (secondary N) is 3. The molecule has 0 bridgehead atoms. The average Bonchev–Trinajstić information content (AvgIpc) is 3.66. The minimum absolute atomic E-state index is 0.239. The maximum absolute atomic E-state index is 13.3. The van der Waals surface area contributed by atoms with E-state index in [4.69, 9.17) is 19.4 Å². The predicted molar refractivity (Wildman–Crippen MR) is 243 cm³/mol. The van der Waals surface area contributed by atoms with Gasteiger partial charge < -0.3 is 20.1 Å². The van der Waals surface area contributed by atoms with Crippen LogP contribution in [0.5, 0.6) is 0 Å². The smallest absolute Gasteiger partial charge is 0.339 e. The monoisotopic (exact) mass is 867 g/mol. The van der Waals surface area contributed by atoms with Crippen molar-refractivity contribution < 1.29 is 33.4 Å². The lowest BCUT2D eigenvalue weighted by Crippen LogP contribution is -2.43. The number of thiophene rings is 2. The van der Waals surface area contributed by atoms with Gasteiger partial charge in [0.2, 0.25) is 0 Å². The summed E-state index contributed by atoms with van der Waals surface area (Å²) in [5, 5.41) is 12.8. The largest absolute Gasteiger partial charge is 0.452 e. The molecule has 0 radical (unpaired) electrons. The van der Waals surface area contributed by atoms with Gasteiger partial charge in [0.05, 0.1) is 33.5 Å². The molecule has 14 heteroatoms. The Morgan fingerprint density at radius 2 is 1.26 bits per heavy atom. The van der Waals surface area contributed by atoms with Gasteiger partial charge in [-0.15, -0.1) is 22.7 Å². The zero-order valence-corrected chi connectivity index (χ0v) is 36.0. The van der Waals surface area contributed by atoms with Crippen LogP contribution in [0.4, 0.5) is 4.79 Å². The molecule has 4 amide bonds. The van der Waals surface area contributed by atoms with E-state index in [1.54, 1.807) is 22.7 Å². The fourth-order valence-electron chi connectivity index (χ4n) is 7.76. The summed E-state index contributed by atoms with van der Waals surface area (Å²) < 4.78 is 10.9. The molecule has 0 saturated heterocycles. The van der Waals surface area contributed by atoms with Crippen LogP contribution in [0.1, 0.15) is 98.4 Å². The second-order valence-corrected chi connectivity index (χ2v) is 17.2. The van der Waals surface area contributed by atoms with Crippen molar-refractivity contribution in [2.24, 2.45) is 0 Å². The predicted octanol–water partition coefficient (Wildman–Crippen LogP) is 8.78. The van der Waals surface area contributed by atoms with Crippen molar-refractivity contribution in [1.29, 1.82) is 0 Å². The molecule has 62 heavy (non-hydrogen) atoms. The summed E-state index contributed by atoms with van der Waals surface area (Å²) in [6.45, 7) is 1.19. The molecule has 3 N–H and O–H groups in total. The molecule has 316 valence electrons. The lowest BCUT2D eigenvalue weighted by Gasteiger charge is -2.23. The highest BCUT2D eigenvalue weighted by atomic mass is 32.1. The van der Waals surface area contributed by atoms with Gasteiger partial charge in [0, 0.05) is 33.6 Å². The number of allylic oxidation sites excluding steroid dienone is 2. The summed E-state index contributed by atoms with van der Waals surface area (Å²) in [4.78, 5) is 74.1. The number of pyridine rings is 2. The van der Waals surface area contributed by atoms with Gasteiger partial charge in [-0.25, -0.2) is 24.4 Å². The highest BCUT2D eigenvalue weighted by Crippen LogP contribution is 2.38. The number of hydrogen-bond acceptors (Lipinski definition) is 11. The van der Waals surface area contributed by atoms with Gasteiger partial charge in [-0.2, -0.15) is 0 Å². The van der Waals surface area contributed by atoms with E-state index in [-0.39, 0.29) is 18.6 Å². The van der Waals surface area contributed by atoms with Gasteiger partial charge in [0.25, 0.3) is 11.8 Å². The number of urea groups is 1. The van der Waals surface area contributed by atoms with E-state index < -0.39 is 30.0 Å². The topological polar surface area (TPSA) is 166 Å². The summed E-state index contributed by atoms with van der Waals surface area (Å²) in [5.41, 5.74) is 8.11. The van der Waals surface area contributed by atoms with E-state index in [1.165, 1.54) is 18.8 Å². The highest BCUT2D eigenvalue weighted by molar-refractivity contribution is 7.11. The first-order valence-electron chi connectivity index (χ1n) is 20.7. The molecule has 3 aliphatic carbocycles. The number of aromatic nitrogens is 2. The molecule has 4 aromatic heterocycles. The lowest BCUT2D eigenvalue weighted by atomic mass is 9.86. The molecule has 12 nitrogen and oxygen atoms in total. The summed E-state index contributed by atoms with van der Waals surface area (Å²) in [5.74, 6) is -1.98. The molecule has 1 fully saturated rings. The molecular formula is C48H45N5O7S2. The summed E-state index contributed by atoms with van der Waals surface area (Å²) >= 11 is 3.34. The van der Waals surface area contributed by atoms with E-state index in [1.807, 2.05) is 66.0 Å². The van der Waals surface area contributed by atoms with Crippen LogP contribution in [0.2, 0.25) is 0 Å². The highest BCUT2D eigenvalue weighted by Gasteiger charge is 2.30. The van der Waals surface area contributed by atoms with Gasteiger partial charge in [0.1, 0.15) is 0 Å². The standard InChI is InChI=1S/C24H23N3O4S.C24H22N2O3S/c1-14(22(28)27-24(30)25-2)31-23(29)20-17-9-3-4-11-19(17)26-21-15(7-5-10-18(20)21)13-16-8-6-12-32-16;27-21(25-16-10-11-16)14-29-24(28)22-18-7-1-2-9-20(18)26-23-15(5-3-8-19(22)23)13-17-6-4-12-30-17/h3-4,6,8-9,11-14H,5,7,10H2,1-2H3,(H2,25,27,28,30);1-2,4,6-7,9,12-13,16H,3,5,8,10-11,14H2,(H,25,27)/b2*15-13+. The van der Waals surface area contributed by atoms with E-state index in [9.17, 15) is 24.0 Å². The number of fused-ring (bicyclic) bond motifs is 4. The molecule has 0 spiro atoms. The molecular weight excluding hydrogens is 823 g/mol. The number of esters is 2. The number of nitrogens with zero attached hydrogens (tertiary/aromatic N) is 2. The van der Waals surface area contributed by atoms with Crippen LogP contribution in [-0.4, -0.2) is 65.6 Å². The molecule has 1 atom stereocenters. The second-order valence-electron chi connectivity index (χ2n) is 15.3. The summed E-state index contributed by atoms with van der Waals surface area (Å²) in [7, 11) is 1.40. The number of ether oxygens (including phenoxy) is 2. The van der Waals surface area contributed by atoms with Gasteiger partial charge >= 0.3 is 18.0 Å². The number of para-hydroxylation sites is 2. The molecule has 9 rings (SSSR count). The van der Waals surface area contributed by atoms with Crippen molar-refractivity contribution in [3.63, 3.8) is 0 Å². The van der Waals surface area contributed by atoms with Crippen LogP contribution in [0.25, 0.3) is 45.1 Å². The van der Waals surface area contributed by atoms with Crippen LogP contribution >= 0.6 is 22.7 Å². The second kappa shape index (κ2) is 19.0. The van der Waals surface area contributed by atoms with Crippen molar-refractivity contribution in [3.05, 3.63) is 127 Å². The fourth-order valence-corrected chi connectivity index (χ4v) is 9.12. The Labute approximate surface area is 366 Å². The molecule has 1 saturated carbocycles. The lowest BCUT2D eigenvalue weighted by molar-refractivity contribution is -0.128. The van der Waals surface area contributed by atoms with Gasteiger partial charge in [0.15, 0.2) is 12.7 Å². The van der Waals surface area contributed by atoms with Crippen LogP contribution in [-0.2, 0) is 31.9 Å². The number of rotatable bonds is 9. The number of carbonyl (C=O) groups is 5. The van der Waals surface area contributed by atoms with Crippen LogP contribution < -0.4 is 16.0 Å². The van der Waals surface area contributed by atoms with Crippen molar-refractivity contribution >= 4 is 97.6 Å². The fraction of sp³-hybridized carbons (Fsp3) is 0.271. The Balaban J connectivity index is 0.000000171. The summed E-state index contributed by atoms with van der Waals surface area (Å²) in [6.07, 6.45) is 10.3. The summed E-state index contributed by atoms with van der Waals surface area (Å²) in [6, 6.07) is 22.8. The first kappa shape index (κ1) is 42.2. The molecule has 0 aliphatic heterocycles. The van der Waals surface area contributed by atoms with Crippen molar-refractivity contribution in [1.82, 2.24) is 25.9 Å². The van der Waals surface area contributed by atoms with E-state index in [0.29, 0.717) is 28.5 Å². The third-order valence-electron chi connectivity index (χ3n) is 10.9. The minimum Gasteiger partial charge on any atom is -0.452 e. The zero-order valence-electron chi connectivity index (χ0n) is 34.3. The number of carbonyl (C=O) groups excluding carboxylic acids is 5. The maximum Gasteiger partial charge on any atom is 0.339 e. The normalized spacial score (nSPS) is 16.0. The first-order valence-corrected chi connectivity index (χ1v) is 22.4. The first-order chi connectivity index (χ1) is 30.2. The van der Waals surface area contributed by atoms with Crippen LogP contribution in [0, 0.1) is 0 Å². The zero-order chi connectivity index (χ0) is 43.2. The Morgan fingerprint density at radius 3 is 1.76 bits per heavy atom. The van der Waals surface area contributed by atoms with Crippen molar-refractivity contribution in [2.75, 3.05) is 13.7 Å². The van der Waals surface area contributed by atoms with Crippen LogP contribution in [0.3, 0.4) is 0 Å². The SMILES string of the molecule is CNC(=O)NC(=O)C(C)OC(=O)c1c2c(nc3ccccc13)/C(=C/c1cccs1)CCC2.O=C(COC(=O)c1c2c(nc3ccccc13)/C(=C/c1cccs1)CCC2)NC1CC1. The van der Waals surface area contributed by atoms with Crippen LogP contribution in [0.15, 0.2) is 83.6 Å². The molecule has 1 unspecified atom stereocenters. The molecule has 2 aromatic carbocycles. The van der Waals surface area contributed by atoms with E-state index in [0.717, 1.165) is 94.4 Å². The van der Waals surface area contributed by atoms with Crippen molar-refractivity contribution in [3.8, 4) is 0 Å². The maximum atomic E-state index is 13.3. The Hall–Kier alpha value is -6.51. The van der Waals surface area contributed by atoms with Gasteiger partial charge in [-0.1, -0.05) is 48.5 Å². The Bertz CT molecular complexity index is 2740. The number of hydrogen-bond donors (Lipinski definition) is 3. The number of amides is 4. The molecule has 4 heterocycles. The van der Waals surface area contributed by atoms with Crippen molar-refractivity contribution in [2.45, 2.75) is 70.4 Å². The average molecular weight is 868 g/mol. The molecule has 6 aromatic rings. The van der Waals surface area contributed by atoms with Gasteiger partial charge in [-0.05, 0) is 128 Å². The Kier molecular flexibility index (Phi) is 13.0. The third kappa shape index (κ3) is 9.66. The number of imide groups is 1. The minimum atomic E-state index is -1.13. The van der Waals surface area contributed by atoms with E-state index in [2.05, 4.69) is 45.6 Å². The molecule has 3 aliphatic rings. The van der Waals surface area contributed by atoms with E-state index >= 15 is 0 Å². The Morgan fingerprint density at radius 1 is 0.726 bits per heavy atom. The third-order valence-corrected chi connectivity index (χ3v) is 12.5. The van der Waals surface area contributed by atoms with Gasteiger partial charge in [-0.3, -0.25) is 14.9 Å².